The van der Waals surface area contributed by atoms with E-state index in [2.05, 4.69) is 5.16 Å². The number of oxime groups is 1. The second kappa shape index (κ2) is 8.06. The average molecular weight is 287 g/mol. The van der Waals surface area contributed by atoms with E-state index in [1.165, 1.54) is 0 Å². The predicted octanol–water partition coefficient (Wildman–Crippen LogP) is 0.415. The summed E-state index contributed by atoms with van der Waals surface area (Å²) in [7, 11) is 3.18. The molecule has 1 aliphatic carbocycles. The number of amidine groups is 1. The second-order valence-corrected chi connectivity index (χ2v) is 5.05. The van der Waals surface area contributed by atoms with Gasteiger partial charge in [0.1, 0.15) is 5.41 Å². The van der Waals surface area contributed by atoms with Crippen molar-refractivity contribution in [1.29, 1.82) is 0 Å². The van der Waals surface area contributed by atoms with Crippen molar-refractivity contribution in [3.8, 4) is 0 Å². The molecule has 0 unspecified atom stereocenters. The van der Waals surface area contributed by atoms with Crippen molar-refractivity contribution >= 4 is 11.7 Å². The molecule has 0 radical (unpaired) electrons. The van der Waals surface area contributed by atoms with Gasteiger partial charge in [0.05, 0.1) is 13.2 Å². The van der Waals surface area contributed by atoms with Crippen LogP contribution < -0.4 is 5.73 Å². The van der Waals surface area contributed by atoms with Crippen LogP contribution in [0.4, 0.5) is 0 Å². The molecule has 0 aromatic heterocycles. The molecule has 20 heavy (non-hydrogen) atoms. The zero-order chi connectivity index (χ0) is 15.0. The first-order chi connectivity index (χ1) is 9.62. The van der Waals surface area contributed by atoms with Crippen LogP contribution in [0.15, 0.2) is 5.16 Å². The number of nitrogens with zero attached hydrogens (tertiary/aromatic N) is 2. The Kier molecular flexibility index (Phi) is 6.74. The van der Waals surface area contributed by atoms with Crippen LogP contribution in [0.1, 0.15) is 25.7 Å². The Hall–Kier alpha value is -1.34. The first-order valence-electron chi connectivity index (χ1n) is 6.87. The minimum atomic E-state index is -0.865. The van der Waals surface area contributed by atoms with Crippen molar-refractivity contribution in [3.63, 3.8) is 0 Å². The predicted molar refractivity (Wildman–Crippen MR) is 74.6 cm³/mol. The van der Waals surface area contributed by atoms with Gasteiger partial charge in [0, 0.05) is 27.3 Å². The molecule has 0 heterocycles. The molecule has 3 N–H and O–H groups in total. The summed E-state index contributed by atoms with van der Waals surface area (Å²) in [6.45, 7) is 1.84. The van der Waals surface area contributed by atoms with E-state index in [0.29, 0.717) is 39.1 Å². The summed E-state index contributed by atoms with van der Waals surface area (Å²) in [6, 6.07) is 0. The quantitative estimate of drug-likeness (QED) is 0.292. The van der Waals surface area contributed by atoms with Gasteiger partial charge in [-0.15, -0.1) is 0 Å². The van der Waals surface area contributed by atoms with Crippen molar-refractivity contribution < 1.29 is 19.5 Å². The highest BCUT2D eigenvalue weighted by molar-refractivity contribution is 6.07. The molecule has 1 fully saturated rings. The Balaban J connectivity index is 2.88. The lowest BCUT2D eigenvalue weighted by Gasteiger charge is -2.33. The Morgan fingerprint density at radius 2 is 1.75 bits per heavy atom. The minimum absolute atomic E-state index is 0.0137. The summed E-state index contributed by atoms with van der Waals surface area (Å²) >= 11 is 0. The lowest BCUT2D eigenvalue weighted by molar-refractivity contribution is -0.139. The highest BCUT2D eigenvalue weighted by atomic mass is 16.5. The van der Waals surface area contributed by atoms with E-state index in [9.17, 15) is 4.79 Å². The van der Waals surface area contributed by atoms with E-state index in [1.54, 1.807) is 19.1 Å². The minimum Gasteiger partial charge on any atom is -0.409 e. The Morgan fingerprint density at radius 3 is 2.15 bits per heavy atom. The van der Waals surface area contributed by atoms with Gasteiger partial charge in [-0.05, 0) is 12.8 Å². The fourth-order valence-electron chi connectivity index (χ4n) is 2.67. The Labute approximate surface area is 119 Å². The van der Waals surface area contributed by atoms with Gasteiger partial charge in [0.2, 0.25) is 5.91 Å². The van der Waals surface area contributed by atoms with E-state index in [-0.39, 0.29) is 11.7 Å². The normalized spacial score (nSPS) is 18.2. The van der Waals surface area contributed by atoms with E-state index in [1.807, 2.05) is 0 Å². The van der Waals surface area contributed by atoms with Crippen molar-refractivity contribution in [2.24, 2.45) is 16.3 Å². The summed E-state index contributed by atoms with van der Waals surface area (Å²) in [5.41, 5.74) is 4.93. The maximum atomic E-state index is 12.8. The van der Waals surface area contributed by atoms with Gasteiger partial charge < -0.3 is 25.3 Å². The van der Waals surface area contributed by atoms with E-state index in [0.717, 1.165) is 12.8 Å². The molecular formula is C13H25N3O4. The molecule has 0 aliphatic heterocycles. The summed E-state index contributed by atoms with van der Waals surface area (Å²) in [5.74, 6) is -0.0840. The molecule has 1 amide bonds. The molecule has 1 saturated carbocycles. The van der Waals surface area contributed by atoms with Gasteiger partial charge in [-0.2, -0.15) is 0 Å². The van der Waals surface area contributed by atoms with Crippen LogP contribution in [0.3, 0.4) is 0 Å². The molecule has 0 spiro atoms. The number of rotatable bonds is 8. The maximum Gasteiger partial charge on any atom is 0.236 e. The Bertz CT molecular complexity index is 333. The third-order valence-electron chi connectivity index (χ3n) is 3.88. The SMILES string of the molecule is COCCN(CCOC)C(=O)C1(C(N)=NO)CCCC1. The molecule has 0 bridgehead atoms. The number of amides is 1. The first-order valence-corrected chi connectivity index (χ1v) is 6.87. The molecule has 0 saturated heterocycles. The van der Waals surface area contributed by atoms with Crippen molar-refractivity contribution in [2.75, 3.05) is 40.5 Å². The van der Waals surface area contributed by atoms with Crippen LogP contribution in [-0.4, -0.2) is 62.4 Å². The van der Waals surface area contributed by atoms with Gasteiger partial charge in [-0.25, -0.2) is 0 Å². The van der Waals surface area contributed by atoms with E-state index < -0.39 is 5.41 Å². The van der Waals surface area contributed by atoms with E-state index in [4.69, 9.17) is 20.4 Å². The number of carbonyl (C=O) groups excluding carboxylic acids is 1. The van der Waals surface area contributed by atoms with Crippen LogP contribution in [-0.2, 0) is 14.3 Å². The highest BCUT2D eigenvalue weighted by Crippen LogP contribution is 2.40. The van der Waals surface area contributed by atoms with Crippen LogP contribution in [0, 0.1) is 5.41 Å². The van der Waals surface area contributed by atoms with Crippen molar-refractivity contribution in [3.05, 3.63) is 0 Å². The van der Waals surface area contributed by atoms with Crippen molar-refractivity contribution in [2.45, 2.75) is 25.7 Å². The van der Waals surface area contributed by atoms with Crippen LogP contribution in [0.25, 0.3) is 0 Å². The summed E-state index contributed by atoms with van der Waals surface area (Å²) in [4.78, 5) is 14.5. The van der Waals surface area contributed by atoms with Crippen molar-refractivity contribution in [1.82, 2.24) is 4.90 Å². The van der Waals surface area contributed by atoms with Gasteiger partial charge >= 0.3 is 0 Å². The number of nitrogens with two attached hydrogens (primary N) is 1. The highest BCUT2D eigenvalue weighted by Gasteiger charge is 2.47. The second-order valence-electron chi connectivity index (χ2n) is 5.05. The lowest BCUT2D eigenvalue weighted by atomic mass is 9.83. The molecule has 0 aromatic rings. The lowest BCUT2D eigenvalue weighted by Crippen LogP contribution is -2.51. The third-order valence-corrected chi connectivity index (χ3v) is 3.88. The summed E-state index contributed by atoms with van der Waals surface area (Å²) in [5, 5.41) is 12.1. The van der Waals surface area contributed by atoms with Gasteiger partial charge in [0.25, 0.3) is 0 Å². The van der Waals surface area contributed by atoms with Crippen LogP contribution in [0.2, 0.25) is 0 Å². The third kappa shape index (κ3) is 3.61. The topological polar surface area (TPSA) is 97.4 Å². The fourth-order valence-corrected chi connectivity index (χ4v) is 2.67. The first kappa shape index (κ1) is 16.7. The summed E-state index contributed by atoms with van der Waals surface area (Å²) < 4.78 is 10.1. The number of hydrogen-bond acceptors (Lipinski definition) is 5. The maximum absolute atomic E-state index is 12.8. The zero-order valence-corrected chi connectivity index (χ0v) is 12.3. The largest absolute Gasteiger partial charge is 0.409 e. The molecule has 116 valence electrons. The number of hydrogen-bond donors (Lipinski definition) is 2. The van der Waals surface area contributed by atoms with Gasteiger partial charge in [-0.1, -0.05) is 18.0 Å². The molecule has 1 aliphatic rings. The summed E-state index contributed by atoms with van der Waals surface area (Å²) in [6.07, 6.45) is 3.06. The monoisotopic (exact) mass is 287 g/mol. The molecule has 7 heteroatoms. The molecule has 7 nitrogen and oxygen atoms in total. The molecular weight excluding hydrogens is 262 g/mol. The van der Waals surface area contributed by atoms with Gasteiger partial charge in [0.15, 0.2) is 5.84 Å². The average Bonchev–Trinajstić information content (AvgIpc) is 2.96. The fraction of sp³-hybridized carbons (Fsp3) is 0.846. The molecule has 0 atom stereocenters. The van der Waals surface area contributed by atoms with Crippen LogP contribution in [0.5, 0.6) is 0 Å². The Morgan fingerprint density at radius 1 is 1.25 bits per heavy atom. The zero-order valence-electron chi connectivity index (χ0n) is 12.3. The van der Waals surface area contributed by atoms with Crippen LogP contribution >= 0.6 is 0 Å². The molecule has 1 rings (SSSR count). The molecule has 0 aromatic carbocycles. The standard InChI is InChI=1S/C13H25N3O4/c1-19-9-7-16(8-10-20-2)12(17)13(11(14)15-18)5-3-4-6-13/h18H,3-10H2,1-2H3,(H2,14,15). The number of carbonyl (C=O) groups is 1. The number of methoxy groups -OCH3 is 2. The van der Waals surface area contributed by atoms with Gasteiger partial charge in [-0.3, -0.25) is 4.79 Å². The van der Waals surface area contributed by atoms with E-state index >= 15 is 0 Å². The smallest absolute Gasteiger partial charge is 0.236 e. The number of ether oxygens (including phenoxy) is 2.